The summed E-state index contributed by atoms with van der Waals surface area (Å²) in [7, 11) is 1.44. The second-order valence-electron chi connectivity index (χ2n) is 11.1. The van der Waals surface area contributed by atoms with Crippen LogP contribution in [-0.4, -0.2) is 69.8 Å². The van der Waals surface area contributed by atoms with Gasteiger partial charge in [-0.1, -0.05) is 17.3 Å². The Bertz CT molecular complexity index is 2340. The molecular weight excluding hydrogens is 648 g/mol. The monoisotopic (exact) mass is 680 g/mol. The van der Waals surface area contributed by atoms with Gasteiger partial charge in [0.1, 0.15) is 22.5 Å². The number of aryl methyl sites for hydroxylation is 3. The van der Waals surface area contributed by atoms with E-state index in [0.717, 1.165) is 0 Å². The van der Waals surface area contributed by atoms with Crippen LogP contribution in [-0.2, 0) is 19.6 Å². The number of carbonyl (C=O) groups is 4. The number of aromatic nitrogens is 8. The van der Waals surface area contributed by atoms with Crippen molar-refractivity contribution in [1.29, 1.82) is 0 Å². The first-order chi connectivity index (χ1) is 24.0. The van der Waals surface area contributed by atoms with E-state index in [9.17, 15) is 19.2 Å². The third-order valence-corrected chi connectivity index (χ3v) is 7.66. The van der Waals surface area contributed by atoms with Gasteiger partial charge < -0.3 is 25.3 Å². The summed E-state index contributed by atoms with van der Waals surface area (Å²) in [6, 6.07) is 7.64. The molecule has 0 aliphatic carbocycles. The van der Waals surface area contributed by atoms with Crippen molar-refractivity contribution in [3.63, 3.8) is 0 Å². The lowest BCUT2D eigenvalue weighted by Crippen LogP contribution is -2.20. The molecule has 0 bridgehead atoms. The van der Waals surface area contributed by atoms with Crippen LogP contribution in [0, 0.1) is 13.8 Å². The molecule has 0 fully saturated rings. The van der Waals surface area contributed by atoms with Gasteiger partial charge >= 0.3 is 0 Å². The molecule has 5 heterocycles. The predicted molar refractivity (Wildman–Crippen MR) is 180 cm³/mol. The lowest BCUT2D eigenvalue weighted by molar-refractivity contribution is 0.0981. The number of pyridine rings is 1. The maximum atomic E-state index is 13.3. The third kappa shape index (κ3) is 6.36. The molecule has 18 nitrogen and oxygen atoms in total. The number of anilines is 2. The van der Waals surface area contributed by atoms with Crippen LogP contribution in [0.25, 0.3) is 22.2 Å². The molecule has 0 aliphatic heterocycles. The fourth-order valence-corrected chi connectivity index (χ4v) is 5.34. The molecule has 0 spiro atoms. The van der Waals surface area contributed by atoms with Crippen LogP contribution in [0.3, 0.4) is 0 Å². The van der Waals surface area contributed by atoms with E-state index in [1.54, 1.807) is 45.9 Å². The van der Waals surface area contributed by atoms with Crippen molar-refractivity contribution in [2.24, 2.45) is 11.5 Å². The van der Waals surface area contributed by atoms with Gasteiger partial charge in [-0.2, -0.15) is 5.10 Å². The molecule has 0 atom stereocenters. The second-order valence-corrected chi connectivity index (χ2v) is 11.1. The standard InChI is InChI=1S/C32H32N12O6/c1-5-44-22(10-16(2)40-44)29(47)38-32-37-21-13-19(27(34)46)15-35-28(21)43(32)9-7-6-8-42-25-20(12-18(26(33)45)14-23(25)49-4)36-31(42)39-30(48)24-11-17(3)41-50-24/h6-7,10-15H,5,8-9H2,1-4H3,(H2,33,45)(H2,34,46)(H,36,39,48)(H,37,38,47)/b7-6+. The summed E-state index contributed by atoms with van der Waals surface area (Å²) in [6.45, 7) is 6.17. The third-order valence-electron chi connectivity index (χ3n) is 7.66. The SMILES string of the molecule is CCn1nc(C)cc1C(=O)Nc1nc2cc(C(N)=O)cnc2n1C/C=C/Cn1c(NC(=O)c2cc(C)no2)nc2cc(C(N)=O)cc(OC)c21. The van der Waals surface area contributed by atoms with E-state index >= 15 is 0 Å². The number of rotatable bonds is 12. The van der Waals surface area contributed by atoms with Gasteiger partial charge in [-0.25, -0.2) is 15.0 Å². The summed E-state index contributed by atoms with van der Waals surface area (Å²) in [5.74, 6) is -1.79. The number of carbonyl (C=O) groups excluding carboxylic acids is 4. The highest BCUT2D eigenvalue weighted by molar-refractivity contribution is 6.04. The van der Waals surface area contributed by atoms with Gasteiger partial charge in [-0.05, 0) is 45.0 Å². The Morgan fingerprint density at radius 1 is 0.860 bits per heavy atom. The number of imidazole rings is 2. The van der Waals surface area contributed by atoms with E-state index in [2.05, 4.69) is 35.8 Å². The first-order valence-electron chi connectivity index (χ1n) is 15.3. The van der Waals surface area contributed by atoms with E-state index < -0.39 is 23.6 Å². The number of nitrogens with zero attached hydrogens (tertiary/aromatic N) is 8. The van der Waals surface area contributed by atoms with Gasteiger partial charge in [0.05, 0.1) is 29.6 Å². The first-order valence-corrected chi connectivity index (χ1v) is 15.3. The Hall–Kier alpha value is -6.85. The van der Waals surface area contributed by atoms with Crippen LogP contribution < -0.4 is 26.8 Å². The van der Waals surface area contributed by atoms with E-state index in [1.807, 2.05) is 6.92 Å². The number of hydrogen-bond acceptors (Lipinski definition) is 11. The minimum atomic E-state index is -0.677. The zero-order valence-electron chi connectivity index (χ0n) is 27.4. The van der Waals surface area contributed by atoms with Crippen molar-refractivity contribution in [2.45, 2.75) is 40.4 Å². The number of allylic oxidation sites excluding steroid dienone is 2. The van der Waals surface area contributed by atoms with E-state index in [-0.39, 0.29) is 41.9 Å². The molecule has 0 saturated carbocycles. The summed E-state index contributed by atoms with van der Waals surface area (Å²) in [5, 5.41) is 13.7. The Morgan fingerprint density at radius 3 is 2.18 bits per heavy atom. The number of nitrogens with one attached hydrogen (secondary N) is 2. The van der Waals surface area contributed by atoms with Gasteiger partial charge in [-0.3, -0.25) is 39.1 Å². The molecule has 6 N–H and O–H groups in total. The van der Waals surface area contributed by atoms with Crippen LogP contribution in [0.5, 0.6) is 5.75 Å². The molecule has 0 unspecified atom stereocenters. The van der Waals surface area contributed by atoms with Gasteiger partial charge in [0.2, 0.25) is 29.5 Å². The number of benzene rings is 1. The summed E-state index contributed by atoms with van der Waals surface area (Å²) in [5.41, 5.74) is 14.4. The Morgan fingerprint density at radius 2 is 1.52 bits per heavy atom. The highest BCUT2D eigenvalue weighted by Crippen LogP contribution is 2.31. The average Bonchev–Trinajstić information content (AvgIpc) is 3.86. The van der Waals surface area contributed by atoms with E-state index in [0.29, 0.717) is 51.6 Å². The van der Waals surface area contributed by atoms with Crippen molar-refractivity contribution in [1.82, 2.24) is 39.0 Å². The Kier molecular flexibility index (Phi) is 8.82. The van der Waals surface area contributed by atoms with Crippen LogP contribution in [0.1, 0.15) is 60.1 Å². The highest BCUT2D eigenvalue weighted by Gasteiger charge is 2.22. The van der Waals surface area contributed by atoms with E-state index in [4.69, 9.17) is 20.7 Å². The maximum Gasteiger partial charge on any atom is 0.296 e. The molecule has 0 saturated heterocycles. The smallest absolute Gasteiger partial charge is 0.296 e. The van der Waals surface area contributed by atoms with Crippen molar-refractivity contribution in [2.75, 3.05) is 17.7 Å². The van der Waals surface area contributed by atoms with Crippen LogP contribution in [0.15, 0.2) is 53.2 Å². The molecule has 256 valence electrons. The minimum absolute atomic E-state index is 0.0212. The summed E-state index contributed by atoms with van der Waals surface area (Å²) in [4.78, 5) is 63.7. The normalized spacial score (nSPS) is 11.4. The molecule has 18 heteroatoms. The number of fused-ring (bicyclic) bond motifs is 2. The number of ether oxygens (including phenoxy) is 1. The molecule has 4 amide bonds. The fourth-order valence-electron chi connectivity index (χ4n) is 5.34. The van der Waals surface area contributed by atoms with Gasteiger partial charge in [0.25, 0.3) is 11.8 Å². The largest absolute Gasteiger partial charge is 0.494 e. The van der Waals surface area contributed by atoms with Crippen molar-refractivity contribution < 1.29 is 28.4 Å². The Labute approximate surface area is 283 Å². The average molecular weight is 681 g/mol. The zero-order valence-corrected chi connectivity index (χ0v) is 27.4. The number of nitrogens with two attached hydrogens (primary N) is 2. The maximum absolute atomic E-state index is 13.3. The van der Waals surface area contributed by atoms with Crippen molar-refractivity contribution in [3.8, 4) is 5.75 Å². The second kappa shape index (κ2) is 13.3. The quantitative estimate of drug-likeness (QED) is 0.137. The topological polar surface area (TPSA) is 246 Å². The first kappa shape index (κ1) is 33.1. The Balaban J connectivity index is 1.35. The van der Waals surface area contributed by atoms with Crippen molar-refractivity contribution >= 4 is 57.7 Å². The van der Waals surface area contributed by atoms with Gasteiger partial charge in [0.15, 0.2) is 5.65 Å². The van der Waals surface area contributed by atoms with Crippen molar-refractivity contribution in [3.05, 3.63) is 82.6 Å². The molecule has 0 aliphatic rings. The number of hydrogen-bond donors (Lipinski definition) is 4. The van der Waals surface area contributed by atoms with Gasteiger partial charge in [0, 0.05) is 37.5 Å². The predicted octanol–water partition coefficient (Wildman–Crippen LogP) is 2.57. The highest BCUT2D eigenvalue weighted by atomic mass is 16.5. The molecular formula is C32H32N12O6. The molecule has 0 radical (unpaired) electrons. The molecule has 50 heavy (non-hydrogen) atoms. The summed E-state index contributed by atoms with van der Waals surface area (Å²) in [6.07, 6.45) is 4.92. The minimum Gasteiger partial charge on any atom is -0.494 e. The zero-order chi connectivity index (χ0) is 35.7. The number of methoxy groups -OCH3 is 1. The lowest BCUT2D eigenvalue weighted by Gasteiger charge is -2.11. The fraction of sp³-hybridized carbons (Fsp3) is 0.219. The number of primary amides is 2. The lowest BCUT2D eigenvalue weighted by atomic mass is 10.1. The van der Waals surface area contributed by atoms with Crippen LogP contribution in [0.2, 0.25) is 0 Å². The summed E-state index contributed by atoms with van der Waals surface area (Å²) >= 11 is 0. The van der Waals surface area contributed by atoms with E-state index in [1.165, 1.54) is 37.6 Å². The molecule has 5 aromatic heterocycles. The van der Waals surface area contributed by atoms with Gasteiger partial charge in [-0.15, -0.1) is 0 Å². The molecule has 6 rings (SSSR count). The molecule has 6 aromatic rings. The molecule has 1 aromatic carbocycles. The van der Waals surface area contributed by atoms with Crippen LogP contribution >= 0.6 is 0 Å². The van der Waals surface area contributed by atoms with Crippen LogP contribution in [0.4, 0.5) is 11.9 Å². The number of amides is 4. The summed E-state index contributed by atoms with van der Waals surface area (Å²) < 4.78 is 15.6.